The van der Waals surface area contributed by atoms with E-state index in [0.717, 1.165) is 29.1 Å². The molecule has 1 saturated heterocycles. The first kappa shape index (κ1) is 22.8. The van der Waals surface area contributed by atoms with E-state index in [1.54, 1.807) is 6.07 Å². The highest BCUT2D eigenvalue weighted by Gasteiger charge is 2.23. The van der Waals surface area contributed by atoms with E-state index in [-0.39, 0.29) is 23.4 Å². The number of hydrogen-bond donors (Lipinski definition) is 4. The first-order valence-corrected chi connectivity index (χ1v) is 12.1. The lowest BCUT2D eigenvalue weighted by Crippen LogP contribution is -2.37. The molecule has 35 heavy (non-hydrogen) atoms. The molecular weight excluding hydrogens is 466 g/mol. The van der Waals surface area contributed by atoms with Crippen molar-refractivity contribution in [2.45, 2.75) is 0 Å². The molecule has 0 bridgehead atoms. The summed E-state index contributed by atoms with van der Waals surface area (Å²) < 4.78 is 8.32. The molecule has 4 aromatic rings. The van der Waals surface area contributed by atoms with Crippen molar-refractivity contribution in [2.75, 3.05) is 44.3 Å². The van der Waals surface area contributed by atoms with E-state index in [9.17, 15) is 9.59 Å². The summed E-state index contributed by atoms with van der Waals surface area (Å²) in [5.41, 5.74) is 6.44. The molecule has 3 aromatic heterocycles. The fourth-order valence-corrected chi connectivity index (χ4v) is 5.35. The van der Waals surface area contributed by atoms with Crippen molar-refractivity contribution in [2.24, 2.45) is 5.73 Å². The quantitative estimate of drug-likeness (QED) is 0.183. The van der Waals surface area contributed by atoms with Crippen LogP contribution in [0.4, 0.5) is 5.82 Å². The normalized spacial score (nSPS) is 14.2. The molecule has 0 aliphatic carbocycles. The molecule has 0 saturated carbocycles. The van der Waals surface area contributed by atoms with Gasteiger partial charge in [-0.1, -0.05) is 12.1 Å². The number of nitrogens with one attached hydrogen (secondary N) is 3. The molecule has 11 heteroatoms. The van der Waals surface area contributed by atoms with Crippen LogP contribution in [0.15, 0.2) is 53.5 Å². The lowest BCUT2D eigenvalue weighted by molar-refractivity contribution is 0.0955. The summed E-state index contributed by atoms with van der Waals surface area (Å²) >= 11 is 1.39. The summed E-state index contributed by atoms with van der Waals surface area (Å²) in [7, 11) is 0. The Morgan fingerprint density at radius 3 is 2.74 bits per heavy atom. The van der Waals surface area contributed by atoms with Crippen molar-refractivity contribution < 1.29 is 9.53 Å². The van der Waals surface area contributed by atoms with Crippen LogP contribution < -0.4 is 26.7 Å². The molecule has 0 unspecified atom stereocenters. The molecule has 1 amide bonds. The molecule has 1 fully saturated rings. The molecule has 1 aromatic carbocycles. The minimum Gasteiger partial charge on any atom is -0.404 e. The number of benzene rings is 1. The molecule has 0 atom stereocenters. The van der Waals surface area contributed by atoms with E-state index in [1.165, 1.54) is 23.6 Å². The second-order valence-corrected chi connectivity index (χ2v) is 9.04. The summed E-state index contributed by atoms with van der Waals surface area (Å²) in [6.45, 7) is 3.28. The van der Waals surface area contributed by atoms with E-state index < -0.39 is 5.91 Å². The van der Waals surface area contributed by atoms with Gasteiger partial charge in [-0.15, -0.1) is 11.3 Å². The number of carbonyl (C=O) groups excluding carboxylic acids is 1. The van der Waals surface area contributed by atoms with Gasteiger partial charge < -0.3 is 26.0 Å². The average molecular weight is 492 g/mol. The molecule has 1 aliphatic heterocycles. The minimum atomic E-state index is -0.457. The van der Waals surface area contributed by atoms with Crippen LogP contribution in [0.5, 0.6) is 0 Å². The maximum atomic E-state index is 13.6. The molecule has 10 nitrogen and oxygen atoms in total. The topological polar surface area (TPSA) is 138 Å². The second-order valence-electron chi connectivity index (χ2n) is 8.01. The predicted molar refractivity (Wildman–Crippen MR) is 139 cm³/mol. The second kappa shape index (κ2) is 9.72. The number of rotatable bonds is 6. The lowest BCUT2D eigenvalue weighted by atomic mass is 10.1. The van der Waals surface area contributed by atoms with Crippen LogP contribution in [-0.4, -0.2) is 60.5 Å². The van der Waals surface area contributed by atoms with E-state index in [0.29, 0.717) is 35.6 Å². The van der Waals surface area contributed by atoms with Gasteiger partial charge in [0.25, 0.3) is 5.91 Å². The van der Waals surface area contributed by atoms with E-state index in [4.69, 9.17) is 20.9 Å². The number of amides is 1. The molecule has 5 rings (SSSR count). The third-order valence-corrected chi connectivity index (χ3v) is 6.97. The first-order valence-electron chi connectivity index (χ1n) is 11.3. The highest BCUT2D eigenvalue weighted by Crippen LogP contribution is 2.31. The highest BCUT2D eigenvalue weighted by atomic mass is 32.1. The van der Waals surface area contributed by atoms with Gasteiger partial charge in [0, 0.05) is 26.2 Å². The standard InChI is InChI=1S/C24H25N7O3S/c25-8-7-18(26)27-9-10-28-23(33)20-21(32)15-5-6-19(30-11-13-34-14-12-30)29-22(15)31-16-3-1-2-4-17(16)35-24(20)31/h1-8H,9-14,25H2,(H2,26,27)(H,28,33)/b8-7-. The Kier molecular flexibility index (Phi) is 6.34. The van der Waals surface area contributed by atoms with Gasteiger partial charge in [0.05, 0.1) is 28.8 Å². The van der Waals surface area contributed by atoms with E-state index >= 15 is 0 Å². The molecule has 4 heterocycles. The van der Waals surface area contributed by atoms with Crippen LogP contribution in [0.1, 0.15) is 10.4 Å². The Hall–Kier alpha value is -3.96. The summed E-state index contributed by atoms with van der Waals surface area (Å²) in [4.78, 5) is 34.3. The van der Waals surface area contributed by atoms with Crippen molar-refractivity contribution in [1.82, 2.24) is 20.0 Å². The Morgan fingerprint density at radius 1 is 1.17 bits per heavy atom. The Labute approximate surface area is 204 Å². The van der Waals surface area contributed by atoms with Gasteiger partial charge in [-0.2, -0.15) is 0 Å². The average Bonchev–Trinajstić information content (AvgIpc) is 3.26. The zero-order valence-electron chi connectivity index (χ0n) is 18.9. The van der Waals surface area contributed by atoms with E-state index in [2.05, 4.69) is 15.5 Å². The first-order chi connectivity index (χ1) is 17.1. The number of nitrogens with two attached hydrogens (primary N) is 1. The molecular formula is C24H25N7O3S. The number of morpholine rings is 1. The zero-order valence-corrected chi connectivity index (χ0v) is 19.7. The van der Waals surface area contributed by atoms with Crippen LogP contribution >= 0.6 is 11.3 Å². The van der Waals surface area contributed by atoms with Crippen molar-refractivity contribution >= 4 is 55.0 Å². The number of pyridine rings is 2. The lowest BCUT2D eigenvalue weighted by Gasteiger charge is -2.27. The Balaban J connectivity index is 1.59. The number of ether oxygens (including phenoxy) is 1. The van der Waals surface area contributed by atoms with Gasteiger partial charge >= 0.3 is 0 Å². The largest absolute Gasteiger partial charge is 0.404 e. The van der Waals surface area contributed by atoms with Crippen LogP contribution in [0.3, 0.4) is 0 Å². The van der Waals surface area contributed by atoms with Crippen LogP contribution in [0.2, 0.25) is 0 Å². The van der Waals surface area contributed by atoms with Gasteiger partial charge in [0.15, 0.2) is 5.65 Å². The summed E-state index contributed by atoms with van der Waals surface area (Å²) in [6.07, 6.45) is 2.68. The number of anilines is 1. The molecule has 1 aliphatic rings. The van der Waals surface area contributed by atoms with Gasteiger partial charge in [0.2, 0.25) is 5.43 Å². The Morgan fingerprint density at radius 2 is 1.94 bits per heavy atom. The molecule has 180 valence electrons. The molecule has 0 radical (unpaired) electrons. The number of nitrogens with zero attached hydrogens (tertiary/aromatic N) is 3. The fraction of sp³-hybridized carbons (Fsp3) is 0.250. The number of hydrogen-bond acceptors (Lipinski definition) is 8. The highest BCUT2D eigenvalue weighted by molar-refractivity contribution is 7.24. The monoisotopic (exact) mass is 491 g/mol. The minimum absolute atomic E-state index is 0.0940. The van der Waals surface area contributed by atoms with Crippen molar-refractivity contribution in [3.05, 3.63) is 64.5 Å². The van der Waals surface area contributed by atoms with E-state index in [1.807, 2.05) is 34.7 Å². The third kappa shape index (κ3) is 4.31. The SMILES string of the molecule is N=C(/C=C\N)NCCNC(=O)c1c(=O)c2ccc(N3CCOCC3)nc2n2c1sc1ccccc12. The number of carbonyl (C=O) groups is 1. The maximum Gasteiger partial charge on any atom is 0.258 e. The number of aromatic nitrogens is 2. The summed E-state index contributed by atoms with van der Waals surface area (Å²) in [5, 5.41) is 13.7. The molecule has 5 N–H and O–H groups in total. The summed E-state index contributed by atoms with van der Waals surface area (Å²) in [6, 6.07) is 11.4. The zero-order chi connectivity index (χ0) is 24.4. The molecule has 0 spiro atoms. The number of thiazole rings is 1. The van der Waals surface area contributed by atoms with Crippen LogP contribution in [0, 0.1) is 5.41 Å². The van der Waals surface area contributed by atoms with Crippen LogP contribution in [-0.2, 0) is 4.74 Å². The summed E-state index contributed by atoms with van der Waals surface area (Å²) in [5.74, 6) is 0.462. The van der Waals surface area contributed by atoms with Gasteiger partial charge in [-0.3, -0.25) is 19.4 Å². The Bertz CT molecular complexity index is 1520. The number of amidine groups is 1. The maximum absolute atomic E-state index is 13.6. The third-order valence-electron chi connectivity index (χ3n) is 5.82. The van der Waals surface area contributed by atoms with Crippen molar-refractivity contribution in [3.8, 4) is 0 Å². The van der Waals surface area contributed by atoms with Gasteiger partial charge in [-0.25, -0.2) is 4.98 Å². The van der Waals surface area contributed by atoms with Gasteiger partial charge in [0.1, 0.15) is 22.0 Å². The smallest absolute Gasteiger partial charge is 0.258 e. The van der Waals surface area contributed by atoms with Crippen molar-refractivity contribution in [1.29, 1.82) is 5.41 Å². The number of para-hydroxylation sites is 1. The fourth-order valence-electron chi connectivity index (χ4n) is 4.16. The van der Waals surface area contributed by atoms with Crippen LogP contribution in [0.25, 0.3) is 26.1 Å². The predicted octanol–water partition coefficient (Wildman–Crippen LogP) is 1.67. The number of fused-ring (bicyclic) bond motifs is 5. The van der Waals surface area contributed by atoms with Crippen molar-refractivity contribution in [3.63, 3.8) is 0 Å². The van der Waals surface area contributed by atoms with Gasteiger partial charge in [-0.05, 0) is 36.5 Å².